The number of thioether (sulfide) groups is 1. The highest BCUT2D eigenvalue weighted by Gasteiger charge is 2.31. The van der Waals surface area contributed by atoms with Crippen molar-refractivity contribution in [3.05, 3.63) is 29.3 Å². The lowest BCUT2D eigenvalue weighted by atomic mass is 10.0. The molecular weight excluding hydrogens is 409 g/mol. The molecular formula is C16H26IN3OS. The summed E-state index contributed by atoms with van der Waals surface area (Å²) in [5, 5.41) is 13.5. The van der Waals surface area contributed by atoms with Gasteiger partial charge in [0.1, 0.15) is 0 Å². The van der Waals surface area contributed by atoms with Gasteiger partial charge in [-0.15, -0.1) is 24.0 Å². The average molecular weight is 435 g/mol. The van der Waals surface area contributed by atoms with E-state index in [1.54, 1.807) is 11.8 Å². The maximum atomic E-state index is 10.3. The maximum absolute atomic E-state index is 10.3. The molecule has 0 bridgehead atoms. The first kappa shape index (κ1) is 19.6. The molecule has 6 heteroatoms. The van der Waals surface area contributed by atoms with Gasteiger partial charge in [-0.1, -0.05) is 32.0 Å². The lowest BCUT2D eigenvalue weighted by molar-refractivity contribution is 0.0780. The summed E-state index contributed by atoms with van der Waals surface area (Å²) in [4.78, 5) is 4.34. The van der Waals surface area contributed by atoms with E-state index < -0.39 is 5.60 Å². The largest absolute Gasteiger partial charge is 0.387 e. The molecule has 1 heterocycles. The number of guanidine groups is 1. The molecule has 1 saturated heterocycles. The molecule has 22 heavy (non-hydrogen) atoms. The molecule has 0 radical (unpaired) electrons. The number of hydrogen-bond donors (Lipinski definition) is 3. The molecule has 0 saturated carbocycles. The molecule has 1 aliphatic rings. The number of nitrogens with zero attached hydrogens (tertiary/aromatic N) is 1. The van der Waals surface area contributed by atoms with Crippen LogP contribution in [0.1, 0.15) is 31.4 Å². The number of benzene rings is 1. The molecule has 0 aliphatic carbocycles. The molecule has 1 aromatic carbocycles. The minimum Gasteiger partial charge on any atom is -0.387 e. The van der Waals surface area contributed by atoms with Crippen LogP contribution in [0, 0.1) is 0 Å². The molecule has 1 aliphatic heterocycles. The Balaban J connectivity index is 0.00000242. The van der Waals surface area contributed by atoms with Crippen molar-refractivity contribution in [1.29, 1.82) is 0 Å². The number of nitrogens with one attached hydrogen (secondary N) is 1. The highest BCUT2D eigenvalue weighted by Crippen LogP contribution is 2.28. The number of para-hydroxylation sites is 1. The van der Waals surface area contributed by atoms with Crippen molar-refractivity contribution in [2.24, 2.45) is 10.7 Å². The van der Waals surface area contributed by atoms with Gasteiger partial charge in [-0.3, -0.25) is 4.99 Å². The molecule has 0 spiro atoms. The average Bonchev–Trinajstić information content (AvgIpc) is 2.93. The van der Waals surface area contributed by atoms with E-state index in [1.807, 2.05) is 0 Å². The first-order chi connectivity index (χ1) is 10.1. The third-order valence-corrected chi connectivity index (χ3v) is 5.11. The van der Waals surface area contributed by atoms with Crippen LogP contribution in [-0.4, -0.2) is 34.7 Å². The topological polar surface area (TPSA) is 70.6 Å². The Morgan fingerprint density at radius 2 is 2.00 bits per heavy atom. The molecule has 1 fully saturated rings. The van der Waals surface area contributed by atoms with Gasteiger partial charge in [0.25, 0.3) is 0 Å². The van der Waals surface area contributed by atoms with Gasteiger partial charge in [0, 0.05) is 11.4 Å². The molecule has 1 aromatic rings. The molecule has 2 rings (SSSR count). The zero-order valence-corrected chi connectivity index (χ0v) is 16.4. The first-order valence-corrected chi connectivity index (χ1v) is 8.71. The summed E-state index contributed by atoms with van der Waals surface area (Å²) >= 11 is 1.77. The van der Waals surface area contributed by atoms with Gasteiger partial charge in [0.15, 0.2) is 5.96 Å². The minimum atomic E-state index is -0.686. The van der Waals surface area contributed by atoms with Gasteiger partial charge in [0.2, 0.25) is 0 Å². The standard InChI is InChI=1S/C16H25N3OS.HI/c1-3-12-6-5-7-13(4-2)14(12)19-15(17)18-10-16(20)8-9-21-11-16;/h5-7,20H,3-4,8-11H2,1-2H3,(H3,17,18,19);1H. The zero-order chi connectivity index (χ0) is 15.3. The number of rotatable bonds is 5. The summed E-state index contributed by atoms with van der Waals surface area (Å²) in [6.45, 7) is 4.63. The van der Waals surface area contributed by atoms with E-state index in [4.69, 9.17) is 5.73 Å². The summed E-state index contributed by atoms with van der Waals surface area (Å²) in [6.07, 6.45) is 2.69. The maximum Gasteiger partial charge on any atom is 0.193 e. The number of hydrogen-bond acceptors (Lipinski definition) is 3. The van der Waals surface area contributed by atoms with Crippen LogP contribution in [0.25, 0.3) is 0 Å². The van der Waals surface area contributed by atoms with Crippen LogP contribution < -0.4 is 11.1 Å². The zero-order valence-electron chi connectivity index (χ0n) is 13.3. The van der Waals surface area contributed by atoms with Crippen LogP contribution in [0.2, 0.25) is 0 Å². The Morgan fingerprint density at radius 3 is 2.50 bits per heavy atom. The summed E-state index contributed by atoms with van der Waals surface area (Å²) in [5.74, 6) is 2.13. The highest BCUT2D eigenvalue weighted by molar-refractivity contribution is 14.0. The summed E-state index contributed by atoms with van der Waals surface area (Å²) in [7, 11) is 0. The molecule has 1 unspecified atom stereocenters. The van der Waals surface area contributed by atoms with E-state index in [9.17, 15) is 5.11 Å². The van der Waals surface area contributed by atoms with Crippen molar-refractivity contribution in [3.63, 3.8) is 0 Å². The van der Waals surface area contributed by atoms with Crippen molar-refractivity contribution in [1.82, 2.24) is 0 Å². The molecule has 1 atom stereocenters. The van der Waals surface area contributed by atoms with Crippen molar-refractivity contribution in [2.45, 2.75) is 38.7 Å². The third-order valence-electron chi connectivity index (χ3n) is 3.88. The Kier molecular flexibility index (Phi) is 7.99. The number of aliphatic imine (C=N–C) groups is 1. The van der Waals surface area contributed by atoms with E-state index in [2.05, 4.69) is 42.4 Å². The molecule has 0 amide bonds. The second-order valence-corrected chi connectivity index (χ2v) is 6.62. The third kappa shape index (κ3) is 5.03. The van der Waals surface area contributed by atoms with E-state index in [-0.39, 0.29) is 24.0 Å². The van der Waals surface area contributed by atoms with Gasteiger partial charge in [-0.05, 0) is 36.1 Å². The lowest BCUT2D eigenvalue weighted by Gasteiger charge is -2.19. The Morgan fingerprint density at radius 1 is 1.36 bits per heavy atom. The minimum absolute atomic E-state index is 0. The van der Waals surface area contributed by atoms with Gasteiger partial charge in [0.05, 0.1) is 12.1 Å². The molecule has 0 aromatic heterocycles. The molecule has 4 nitrogen and oxygen atoms in total. The van der Waals surface area contributed by atoms with Crippen LogP contribution in [0.4, 0.5) is 5.69 Å². The van der Waals surface area contributed by atoms with Crippen molar-refractivity contribution >= 4 is 47.4 Å². The Bertz CT molecular complexity index is 494. The van der Waals surface area contributed by atoms with E-state index in [0.29, 0.717) is 12.5 Å². The van der Waals surface area contributed by atoms with Gasteiger partial charge in [-0.25, -0.2) is 0 Å². The highest BCUT2D eigenvalue weighted by atomic mass is 127. The fourth-order valence-electron chi connectivity index (χ4n) is 2.52. The van der Waals surface area contributed by atoms with Gasteiger partial charge >= 0.3 is 0 Å². The van der Waals surface area contributed by atoms with E-state index in [1.165, 1.54) is 11.1 Å². The number of aryl methyl sites for hydroxylation is 2. The van der Waals surface area contributed by atoms with Crippen LogP contribution in [-0.2, 0) is 12.8 Å². The quantitative estimate of drug-likeness (QED) is 0.378. The van der Waals surface area contributed by atoms with E-state index in [0.717, 1.165) is 36.5 Å². The van der Waals surface area contributed by atoms with Crippen molar-refractivity contribution in [3.8, 4) is 0 Å². The summed E-state index contributed by atoms with van der Waals surface area (Å²) in [5.41, 5.74) is 8.87. The fourth-order valence-corrected chi connectivity index (χ4v) is 3.81. The van der Waals surface area contributed by atoms with Crippen LogP contribution in [0.5, 0.6) is 0 Å². The van der Waals surface area contributed by atoms with E-state index >= 15 is 0 Å². The SMILES string of the molecule is CCc1cccc(CC)c1NC(N)=NCC1(O)CCSC1.I. The second-order valence-electron chi connectivity index (χ2n) is 5.51. The first-order valence-electron chi connectivity index (χ1n) is 7.56. The monoisotopic (exact) mass is 435 g/mol. The number of anilines is 1. The van der Waals surface area contributed by atoms with Gasteiger partial charge in [-0.2, -0.15) is 11.8 Å². The summed E-state index contributed by atoms with van der Waals surface area (Å²) in [6, 6.07) is 6.29. The van der Waals surface area contributed by atoms with Crippen LogP contribution >= 0.6 is 35.7 Å². The van der Waals surface area contributed by atoms with Crippen molar-refractivity contribution in [2.75, 3.05) is 23.4 Å². The van der Waals surface area contributed by atoms with Crippen molar-refractivity contribution < 1.29 is 5.11 Å². The second kappa shape index (κ2) is 8.98. The normalized spacial score (nSPS) is 21.5. The number of aliphatic hydroxyl groups is 1. The molecule has 4 N–H and O–H groups in total. The smallest absolute Gasteiger partial charge is 0.193 e. The number of halogens is 1. The summed E-state index contributed by atoms with van der Waals surface area (Å²) < 4.78 is 0. The van der Waals surface area contributed by atoms with Gasteiger partial charge < -0.3 is 16.2 Å². The lowest BCUT2D eigenvalue weighted by Crippen LogP contribution is -2.34. The predicted octanol–water partition coefficient (Wildman–Crippen LogP) is 3.02. The molecule has 124 valence electrons. The fraction of sp³-hybridized carbons (Fsp3) is 0.562. The van der Waals surface area contributed by atoms with Crippen LogP contribution in [0.15, 0.2) is 23.2 Å². The Hall–Kier alpha value is -0.470. The number of nitrogens with two attached hydrogens (primary N) is 1. The predicted molar refractivity (Wildman–Crippen MR) is 108 cm³/mol. The van der Waals surface area contributed by atoms with Crippen LogP contribution in [0.3, 0.4) is 0 Å². The Labute approximate surface area is 154 Å².